The van der Waals surface area contributed by atoms with Crippen LogP contribution in [0.25, 0.3) is 0 Å². The Balaban J connectivity index is 0.00000121. The first kappa shape index (κ1) is 19.6. The molecular formula is C14H24Cl2N4OS. The number of amides is 1. The molecule has 2 fully saturated rings. The number of piperidine rings is 1. The van der Waals surface area contributed by atoms with Crippen molar-refractivity contribution in [2.45, 2.75) is 38.3 Å². The zero-order chi connectivity index (χ0) is 13.9. The molecule has 8 heteroatoms. The fourth-order valence-electron chi connectivity index (χ4n) is 3.21. The van der Waals surface area contributed by atoms with Crippen LogP contribution < -0.4 is 5.73 Å². The second-order valence-corrected chi connectivity index (χ2v) is 6.56. The molecule has 1 atom stereocenters. The standard InChI is InChI=1S/C14H22N4OS.2ClH/c15-8-13-16-12(10-20-13)14(19)18-7-3-4-11(9-18)17-5-1-2-6-17;;/h10-11H,1-9,15H2;2*1H. The molecule has 2 N–H and O–H groups in total. The maximum absolute atomic E-state index is 12.5. The van der Waals surface area contributed by atoms with Crippen LogP contribution in [0.1, 0.15) is 41.2 Å². The number of carbonyl (C=O) groups is 1. The van der Waals surface area contributed by atoms with Crippen molar-refractivity contribution in [2.24, 2.45) is 5.73 Å². The predicted octanol–water partition coefficient (Wildman–Crippen LogP) is 2.15. The van der Waals surface area contributed by atoms with Crippen LogP contribution in [0.5, 0.6) is 0 Å². The van der Waals surface area contributed by atoms with E-state index in [0.717, 1.165) is 24.5 Å². The van der Waals surface area contributed by atoms with Crippen LogP contribution in [-0.4, -0.2) is 52.9 Å². The Bertz CT molecular complexity index is 479. The molecule has 1 aromatic heterocycles. The molecule has 0 saturated carbocycles. The van der Waals surface area contributed by atoms with Gasteiger partial charge in [-0.05, 0) is 38.8 Å². The van der Waals surface area contributed by atoms with Crippen LogP contribution in [0.15, 0.2) is 5.38 Å². The van der Waals surface area contributed by atoms with E-state index < -0.39 is 0 Å². The normalized spacial score (nSPS) is 22.0. The molecule has 1 aromatic rings. The number of likely N-dealkylation sites (tertiary alicyclic amines) is 2. The molecule has 0 aromatic carbocycles. The Morgan fingerprint density at radius 2 is 2.00 bits per heavy atom. The third-order valence-electron chi connectivity index (χ3n) is 4.29. The molecule has 22 heavy (non-hydrogen) atoms. The number of rotatable bonds is 3. The van der Waals surface area contributed by atoms with Gasteiger partial charge in [0.05, 0.1) is 0 Å². The summed E-state index contributed by atoms with van der Waals surface area (Å²) in [5.41, 5.74) is 6.13. The highest BCUT2D eigenvalue weighted by Gasteiger charge is 2.30. The number of hydrogen-bond acceptors (Lipinski definition) is 5. The number of hydrogen-bond donors (Lipinski definition) is 1. The fourth-order valence-corrected chi connectivity index (χ4v) is 3.86. The van der Waals surface area contributed by atoms with E-state index in [0.29, 0.717) is 18.3 Å². The van der Waals surface area contributed by atoms with E-state index >= 15 is 0 Å². The number of aromatic nitrogens is 1. The number of carbonyl (C=O) groups excluding carboxylic acids is 1. The van der Waals surface area contributed by atoms with Gasteiger partial charge in [0.25, 0.3) is 5.91 Å². The van der Waals surface area contributed by atoms with Gasteiger partial charge in [-0.2, -0.15) is 0 Å². The van der Waals surface area contributed by atoms with Gasteiger partial charge in [0.15, 0.2) is 0 Å². The zero-order valence-electron chi connectivity index (χ0n) is 12.6. The highest BCUT2D eigenvalue weighted by Crippen LogP contribution is 2.22. The van der Waals surface area contributed by atoms with Crippen molar-refractivity contribution in [2.75, 3.05) is 26.2 Å². The molecule has 5 nitrogen and oxygen atoms in total. The van der Waals surface area contributed by atoms with Crippen molar-refractivity contribution in [3.8, 4) is 0 Å². The molecule has 0 spiro atoms. The summed E-state index contributed by atoms with van der Waals surface area (Å²) < 4.78 is 0. The monoisotopic (exact) mass is 366 g/mol. The summed E-state index contributed by atoms with van der Waals surface area (Å²) >= 11 is 1.47. The summed E-state index contributed by atoms with van der Waals surface area (Å²) in [6, 6.07) is 0.544. The molecule has 3 heterocycles. The average Bonchev–Trinajstić information content (AvgIpc) is 3.17. The van der Waals surface area contributed by atoms with Crippen LogP contribution in [0.3, 0.4) is 0 Å². The van der Waals surface area contributed by atoms with Crippen molar-refractivity contribution in [1.29, 1.82) is 0 Å². The summed E-state index contributed by atoms with van der Waals surface area (Å²) in [4.78, 5) is 21.3. The Morgan fingerprint density at radius 3 is 2.64 bits per heavy atom. The van der Waals surface area contributed by atoms with Crippen LogP contribution in [0.4, 0.5) is 0 Å². The summed E-state index contributed by atoms with van der Waals surface area (Å²) in [5.74, 6) is 0.0739. The lowest BCUT2D eigenvalue weighted by Crippen LogP contribution is -2.49. The fraction of sp³-hybridized carbons (Fsp3) is 0.714. The first-order chi connectivity index (χ1) is 9.78. The van der Waals surface area contributed by atoms with Crippen LogP contribution in [0, 0.1) is 0 Å². The Labute approximate surface area is 148 Å². The van der Waals surface area contributed by atoms with Gasteiger partial charge < -0.3 is 10.6 Å². The number of nitrogens with two attached hydrogens (primary N) is 1. The SMILES string of the molecule is Cl.Cl.NCc1nc(C(=O)N2CCCC(N3CCCC3)C2)cs1. The molecule has 1 amide bonds. The summed E-state index contributed by atoms with van der Waals surface area (Å²) in [5, 5.41) is 2.67. The summed E-state index contributed by atoms with van der Waals surface area (Å²) in [7, 11) is 0. The minimum Gasteiger partial charge on any atom is -0.336 e. The predicted molar refractivity (Wildman–Crippen MR) is 94.2 cm³/mol. The van der Waals surface area contributed by atoms with E-state index in [4.69, 9.17) is 5.73 Å². The topological polar surface area (TPSA) is 62.5 Å². The Morgan fingerprint density at radius 1 is 1.27 bits per heavy atom. The molecule has 3 rings (SSSR count). The summed E-state index contributed by atoms with van der Waals surface area (Å²) in [6.45, 7) is 4.52. The van der Waals surface area contributed by atoms with Gasteiger partial charge in [-0.25, -0.2) is 4.98 Å². The Kier molecular flexibility index (Phi) is 8.07. The van der Waals surface area contributed by atoms with Crippen LogP contribution in [0.2, 0.25) is 0 Å². The first-order valence-corrected chi connectivity index (χ1v) is 8.33. The highest BCUT2D eigenvalue weighted by atomic mass is 35.5. The molecular weight excluding hydrogens is 343 g/mol. The van der Waals surface area contributed by atoms with E-state index in [1.165, 1.54) is 43.7 Å². The highest BCUT2D eigenvalue weighted by molar-refractivity contribution is 7.09. The molecule has 2 saturated heterocycles. The molecule has 2 aliphatic heterocycles. The zero-order valence-corrected chi connectivity index (χ0v) is 15.0. The smallest absolute Gasteiger partial charge is 0.273 e. The van der Waals surface area contributed by atoms with Crippen molar-refractivity contribution >= 4 is 42.1 Å². The average molecular weight is 367 g/mol. The van der Waals surface area contributed by atoms with Gasteiger partial charge in [-0.3, -0.25) is 9.69 Å². The van der Waals surface area contributed by atoms with Crippen LogP contribution in [-0.2, 0) is 6.54 Å². The van der Waals surface area contributed by atoms with E-state index in [-0.39, 0.29) is 30.7 Å². The quantitative estimate of drug-likeness (QED) is 0.889. The second kappa shape index (κ2) is 9.03. The van der Waals surface area contributed by atoms with Gasteiger partial charge in [0, 0.05) is 31.1 Å². The number of thiazole rings is 1. The second-order valence-electron chi connectivity index (χ2n) is 5.62. The molecule has 0 aliphatic carbocycles. The first-order valence-electron chi connectivity index (χ1n) is 7.45. The molecule has 0 bridgehead atoms. The summed E-state index contributed by atoms with van der Waals surface area (Å²) in [6.07, 6.45) is 4.92. The van der Waals surface area contributed by atoms with Gasteiger partial charge >= 0.3 is 0 Å². The molecule has 0 radical (unpaired) electrons. The largest absolute Gasteiger partial charge is 0.336 e. The number of nitrogens with zero attached hydrogens (tertiary/aromatic N) is 3. The van der Waals surface area contributed by atoms with Gasteiger partial charge in [0.1, 0.15) is 10.7 Å². The third-order valence-corrected chi connectivity index (χ3v) is 5.16. The van der Waals surface area contributed by atoms with E-state index in [9.17, 15) is 4.79 Å². The molecule has 1 unspecified atom stereocenters. The maximum Gasteiger partial charge on any atom is 0.273 e. The van der Waals surface area contributed by atoms with E-state index in [2.05, 4.69) is 9.88 Å². The lowest BCUT2D eigenvalue weighted by molar-refractivity contribution is 0.0603. The molecule has 126 valence electrons. The van der Waals surface area contributed by atoms with E-state index in [1.807, 2.05) is 10.3 Å². The van der Waals surface area contributed by atoms with Crippen molar-refractivity contribution < 1.29 is 4.79 Å². The van der Waals surface area contributed by atoms with Crippen LogP contribution >= 0.6 is 36.2 Å². The number of halogens is 2. The van der Waals surface area contributed by atoms with E-state index in [1.54, 1.807) is 0 Å². The van der Waals surface area contributed by atoms with Crippen molar-refractivity contribution in [1.82, 2.24) is 14.8 Å². The maximum atomic E-state index is 12.5. The van der Waals surface area contributed by atoms with Gasteiger partial charge in [0.2, 0.25) is 0 Å². The minimum absolute atomic E-state index is 0. The lowest BCUT2D eigenvalue weighted by atomic mass is 10.0. The third kappa shape index (κ3) is 4.32. The van der Waals surface area contributed by atoms with Gasteiger partial charge in [-0.1, -0.05) is 0 Å². The molecule has 2 aliphatic rings. The van der Waals surface area contributed by atoms with Gasteiger partial charge in [-0.15, -0.1) is 36.2 Å². The van der Waals surface area contributed by atoms with Crippen molar-refractivity contribution in [3.05, 3.63) is 16.1 Å². The lowest BCUT2D eigenvalue weighted by Gasteiger charge is -2.37. The van der Waals surface area contributed by atoms with Crippen molar-refractivity contribution in [3.63, 3.8) is 0 Å². The Hall–Kier alpha value is -0.400. The minimum atomic E-state index is 0.